The van der Waals surface area contributed by atoms with Crippen molar-refractivity contribution in [2.24, 2.45) is 5.92 Å². The summed E-state index contributed by atoms with van der Waals surface area (Å²) in [4.78, 5) is 14.7. The molecule has 4 rings (SSSR count). The highest BCUT2D eigenvalue weighted by atomic mass is 32.2. The number of piperidine rings is 1. The highest BCUT2D eigenvalue weighted by Gasteiger charge is 2.53. The maximum Gasteiger partial charge on any atom is 0.416 e. The van der Waals surface area contributed by atoms with Crippen molar-refractivity contribution in [2.75, 3.05) is 13.1 Å². The van der Waals surface area contributed by atoms with Crippen LogP contribution in [0.15, 0.2) is 53.4 Å². The van der Waals surface area contributed by atoms with Gasteiger partial charge in [0.1, 0.15) is 5.82 Å². The molecule has 0 saturated carbocycles. The summed E-state index contributed by atoms with van der Waals surface area (Å²) in [6.07, 6.45) is -3.35. The maximum absolute atomic E-state index is 13.4. The van der Waals surface area contributed by atoms with Crippen LogP contribution < -0.4 is 5.32 Å². The number of benzene rings is 2. The lowest BCUT2D eigenvalue weighted by atomic mass is 9.96. The summed E-state index contributed by atoms with van der Waals surface area (Å²) in [5.74, 6) is -0.438. The lowest BCUT2D eigenvalue weighted by Gasteiger charge is -2.44. The van der Waals surface area contributed by atoms with Gasteiger partial charge in [0.25, 0.3) is 0 Å². The Hall–Kier alpha value is -2.50. The van der Waals surface area contributed by atoms with E-state index in [1.165, 1.54) is 16.4 Å². The molecule has 2 atom stereocenters. The van der Waals surface area contributed by atoms with Crippen molar-refractivity contribution in [1.82, 2.24) is 14.5 Å². The molecule has 2 fully saturated rings. The average molecular weight is 528 g/mol. The quantitative estimate of drug-likeness (QED) is 0.567. The van der Waals surface area contributed by atoms with Crippen molar-refractivity contribution >= 4 is 15.9 Å². The third kappa shape index (κ3) is 5.01. The molecule has 0 unspecified atom stereocenters. The number of alkyl halides is 3. The van der Waals surface area contributed by atoms with Crippen molar-refractivity contribution < 1.29 is 30.8 Å². The first-order chi connectivity index (χ1) is 16.9. The summed E-state index contributed by atoms with van der Waals surface area (Å²) >= 11 is 0. The van der Waals surface area contributed by atoms with Gasteiger partial charge < -0.3 is 4.90 Å². The number of carbonyl (C=O) groups excluding carboxylic acids is 1. The number of nitrogens with zero attached hydrogens (tertiary/aromatic N) is 2. The molecule has 2 aromatic carbocycles. The smallest absolute Gasteiger partial charge is 0.319 e. The zero-order valence-electron chi connectivity index (χ0n) is 20.1. The van der Waals surface area contributed by atoms with E-state index in [4.69, 9.17) is 0 Å². The van der Waals surface area contributed by atoms with Crippen LogP contribution in [0.2, 0.25) is 0 Å². The first-order valence-corrected chi connectivity index (χ1v) is 13.3. The van der Waals surface area contributed by atoms with Crippen molar-refractivity contribution in [1.29, 1.82) is 0 Å². The SMILES string of the molecule is CC[C@H](C)[C@H]1NC2(CCN(S(=O)(=O)c3cccc(C(F)(F)F)c3)CC2)N(Cc2ccc(F)cc2)C1=O. The molecule has 0 aromatic heterocycles. The number of carbonyl (C=O) groups is 1. The summed E-state index contributed by atoms with van der Waals surface area (Å²) < 4.78 is 80.3. The van der Waals surface area contributed by atoms with Crippen molar-refractivity contribution in [3.05, 3.63) is 65.5 Å². The summed E-state index contributed by atoms with van der Waals surface area (Å²) in [6, 6.07) is 9.16. The average Bonchev–Trinajstić information content (AvgIpc) is 3.11. The highest BCUT2D eigenvalue weighted by Crippen LogP contribution is 2.38. The van der Waals surface area contributed by atoms with Crippen molar-refractivity contribution in [3.63, 3.8) is 0 Å². The second kappa shape index (κ2) is 9.75. The molecular formula is C25H29F4N3O3S. The van der Waals surface area contributed by atoms with Crippen molar-refractivity contribution in [2.45, 2.75) is 62.4 Å². The summed E-state index contributed by atoms with van der Waals surface area (Å²) in [7, 11) is -4.16. The lowest BCUT2D eigenvalue weighted by molar-refractivity contribution is -0.137. The number of amides is 1. The van der Waals surface area contributed by atoms with E-state index in [2.05, 4.69) is 5.32 Å². The van der Waals surface area contributed by atoms with E-state index in [0.29, 0.717) is 6.07 Å². The number of halogens is 4. The molecule has 11 heteroatoms. The van der Waals surface area contributed by atoms with Gasteiger partial charge in [0.2, 0.25) is 15.9 Å². The third-order valence-electron chi connectivity index (χ3n) is 7.29. The first-order valence-electron chi connectivity index (χ1n) is 11.9. The van der Waals surface area contributed by atoms with Gasteiger partial charge in [-0.2, -0.15) is 17.5 Å². The van der Waals surface area contributed by atoms with Crippen LogP contribution in [0, 0.1) is 11.7 Å². The highest BCUT2D eigenvalue weighted by molar-refractivity contribution is 7.89. The molecule has 1 spiro atoms. The Bertz CT molecular complexity index is 1210. The Kier molecular flexibility index (Phi) is 7.20. The zero-order valence-corrected chi connectivity index (χ0v) is 20.9. The Labute approximate surface area is 208 Å². The van der Waals surface area contributed by atoms with Crippen LogP contribution in [0.3, 0.4) is 0 Å². The molecule has 2 aliphatic rings. The lowest BCUT2D eigenvalue weighted by Crippen LogP contribution is -2.59. The third-order valence-corrected chi connectivity index (χ3v) is 9.18. The van der Waals surface area contributed by atoms with Gasteiger partial charge in [0.05, 0.1) is 22.2 Å². The predicted molar refractivity (Wildman–Crippen MR) is 125 cm³/mol. The van der Waals surface area contributed by atoms with E-state index in [9.17, 15) is 30.8 Å². The Morgan fingerprint density at radius 3 is 2.33 bits per heavy atom. The van der Waals surface area contributed by atoms with Gasteiger partial charge >= 0.3 is 6.18 Å². The summed E-state index contributed by atoms with van der Waals surface area (Å²) in [5.41, 5.74) is -1.09. The van der Waals surface area contributed by atoms with E-state index in [1.807, 2.05) is 13.8 Å². The van der Waals surface area contributed by atoms with Crippen LogP contribution in [0.25, 0.3) is 0 Å². The molecule has 196 valence electrons. The van der Waals surface area contributed by atoms with E-state index < -0.39 is 38.4 Å². The van der Waals surface area contributed by atoms with Gasteiger partial charge in [0, 0.05) is 19.6 Å². The van der Waals surface area contributed by atoms with Gasteiger partial charge in [-0.25, -0.2) is 12.8 Å². The number of hydrogen-bond acceptors (Lipinski definition) is 4. The molecule has 6 nitrogen and oxygen atoms in total. The topological polar surface area (TPSA) is 69.7 Å². The Balaban J connectivity index is 1.58. The zero-order chi connectivity index (χ0) is 26.3. The van der Waals surface area contributed by atoms with Crippen LogP contribution in [-0.2, 0) is 27.5 Å². The second-order valence-electron chi connectivity index (χ2n) is 9.52. The molecular weight excluding hydrogens is 498 g/mol. The maximum atomic E-state index is 13.4. The number of hydrogen-bond donors (Lipinski definition) is 1. The normalized spacial score (nSPS) is 21.8. The molecule has 2 aromatic rings. The molecule has 0 bridgehead atoms. The Morgan fingerprint density at radius 2 is 1.75 bits per heavy atom. The molecule has 0 aliphatic carbocycles. The molecule has 1 N–H and O–H groups in total. The molecule has 2 saturated heterocycles. The van der Waals surface area contributed by atoms with Crippen LogP contribution in [0.5, 0.6) is 0 Å². The Morgan fingerprint density at radius 1 is 1.11 bits per heavy atom. The molecule has 2 aliphatic heterocycles. The fourth-order valence-electron chi connectivity index (χ4n) is 4.92. The predicted octanol–water partition coefficient (Wildman–Crippen LogP) is 4.37. The minimum absolute atomic E-state index is 0.0337. The second-order valence-corrected chi connectivity index (χ2v) is 11.5. The molecule has 0 radical (unpaired) electrons. The van der Waals surface area contributed by atoms with Gasteiger partial charge in [-0.3, -0.25) is 10.1 Å². The van der Waals surface area contributed by atoms with Crippen LogP contribution in [-0.4, -0.2) is 48.3 Å². The van der Waals surface area contributed by atoms with E-state index in [-0.39, 0.29) is 50.1 Å². The number of sulfonamides is 1. The molecule has 1 amide bonds. The van der Waals surface area contributed by atoms with Crippen LogP contribution in [0.4, 0.5) is 17.6 Å². The molecule has 36 heavy (non-hydrogen) atoms. The van der Waals surface area contributed by atoms with Gasteiger partial charge in [0.15, 0.2) is 0 Å². The van der Waals surface area contributed by atoms with Gasteiger partial charge in [-0.1, -0.05) is 38.5 Å². The standard InChI is InChI=1S/C25H29F4N3O3S/c1-3-17(2)22-23(33)32(16-18-7-9-20(26)10-8-18)24(30-22)11-13-31(14-12-24)36(34,35)21-6-4-5-19(15-21)25(27,28)29/h4-10,15,17,22,30H,3,11-14,16H2,1-2H3/t17-,22+/m0/s1. The summed E-state index contributed by atoms with van der Waals surface area (Å²) in [6.45, 7) is 4.26. The fourth-order valence-corrected chi connectivity index (χ4v) is 6.41. The van der Waals surface area contributed by atoms with E-state index in [1.54, 1.807) is 17.0 Å². The van der Waals surface area contributed by atoms with E-state index in [0.717, 1.165) is 30.2 Å². The van der Waals surface area contributed by atoms with Crippen molar-refractivity contribution in [3.8, 4) is 0 Å². The largest absolute Gasteiger partial charge is 0.416 e. The van der Waals surface area contributed by atoms with Crippen LogP contribution >= 0.6 is 0 Å². The van der Waals surface area contributed by atoms with E-state index >= 15 is 0 Å². The summed E-state index contributed by atoms with van der Waals surface area (Å²) in [5, 5.41) is 3.46. The number of rotatable bonds is 6. The number of nitrogens with one attached hydrogen (secondary N) is 1. The minimum atomic E-state index is -4.66. The van der Waals surface area contributed by atoms with Crippen LogP contribution in [0.1, 0.15) is 44.2 Å². The fraction of sp³-hybridized carbons (Fsp3) is 0.480. The minimum Gasteiger partial charge on any atom is -0.319 e. The van der Waals surface area contributed by atoms with Gasteiger partial charge in [-0.15, -0.1) is 0 Å². The monoisotopic (exact) mass is 527 g/mol. The molecule has 2 heterocycles. The first kappa shape index (κ1) is 26.6. The van der Waals surface area contributed by atoms with Gasteiger partial charge in [-0.05, 0) is 54.7 Å².